The van der Waals surface area contributed by atoms with Gasteiger partial charge in [0.05, 0.1) is 6.10 Å². The van der Waals surface area contributed by atoms with Crippen LogP contribution in [0.4, 0.5) is 0 Å². The third-order valence-corrected chi connectivity index (χ3v) is 2.34. The number of nitrogens with zero attached hydrogens (tertiary/aromatic N) is 1. The van der Waals surface area contributed by atoms with Crippen LogP contribution < -0.4 is 4.74 Å². The Hall–Kier alpha value is -0.610. The predicted octanol–water partition coefficient (Wildman–Crippen LogP) is 2.01. The van der Waals surface area contributed by atoms with E-state index in [1.54, 1.807) is 0 Å². The highest BCUT2D eigenvalue weighted by molar-refractivity contribution is 9.10. The van der Waals surface area contributed by atoms with E-state index in [1.807, 2.05) is 18.2 Å². The molecule has 0 aliphatic carbocycles. The maximum Gasteiger partial charge on any atom is 0.214 e. The van der Waals surface area contributed by atoms with Crippen LogP contribution in [-0.2, 0) is 4.74 Å². The van der Waals surface area contributed by atoms with E-state index in [9.17, 15) is 0 Å². The lowest BCUT2D eigenvalue weighted by molar-refractivity contribution is -0.0727. The molecule has 4 heteroatoms. The Kier molecular flexibility index (Phi) is 2.80. The highest BCUT2D eigenvalue weighted by Gasteiger charge is 2.18. The van der Waals surface area contributed by atoms with Crippen molar-refractivity contribution in [2.75, 3.05) is 13.2 Å². The fourth-order valence-corrected chi connectivity index (χ4v) is 1.39. The number of halogens is 1. The Balaban J connectivity index is 1.86. The molecule has 1 unspecified atom stereocenters. The Morgan fingerprint density at radius 3 is 3.08 bits per heavy atom. The minimum atomic E-state index is 0.265. The van der Waals surface area contributed by atoms with Gasteiger partial charge in [0.25, 0.3) is 0 Å². The molecule has 2 rings (SSSR count). The van der Waals surface area contributed by atoms with Gasteiger partial charge in [0.15, 0.2) is 0 Å². The summed E-state index contributed by atoms with van der Waals surface area (Å²) in [5.41, 5.74) is 0. The van der Waals surface area contributed by atoms with Crippen LogP contribution in [0.15, 0.2) is 22.8 Å². The van der Waals surface area contributed by atoms with Crippen molar-refractivity contribution in [1.29, 1.82) is 0 Å². The summed E-state index contributed by atoms with van der Waals surface area (Å²) in [6, 6.07) is 5.60. The van der Waals surface area contributed by atoms with E-state index in [0.29, 0.717) is 12.5 Å². The van der Waals surface area contributed by atoms with Gasteiger partial charge < -0.3 is 9.47 Å². The van der Waals surface area contributed by atoms with Gasteiger partial charge in [-0.2, -0.15) is 0 Å². The molecule has 1 aliphatic rings. The quantitative estimate of drug-likeness (QED) is 0.762. The number of pyridine rings is 1. The summed E-state index contributed by atoms with van der Waals surface area (Å²) in [6.07, 6.45) is 1.36. The first-order valence-electron chi connectivity index (χ1n) is 4.21. The molecule has 2 heterocycles. The Bertz CT molecular complexity index is 289. The van der Waals surface area contributed by atoms with Crippen molar-refractivity contribution in [3.63, 3.8) is 0 Å². The zero-order valence-electron chi connectivity index (χ0n) is 7.07. The van der Waals surface area contributed by atoms with Gasteiger partial charge in [-0.1, -0.05) is 6.07 Å². The Labute approximate surface area is 85.2 Å². The maximum atomic E-state index is 5.42. The van der Waals surface area contributed by atoms with E-state index in [4.69, 9.17) is 9.47 Å². The lowest BCUT2D eigenvalue weighted by Gasteiger charge is -2.25. The van der Waals surface area contributed by atoms with Crippen LogP contribution in [0.25, 0.3) is 0 Å². The fourth-order valence-electron chi connectivity index (χ4n) is 1.06. The van der Waals surface area contributed by atoms with Crippen molar-refractivity contribution in [1.82, 2.24) is 4.98 Å². The third kappa shape index (κ3) is 2.42. The zero-order valence-corrected chi connectivity index (χ0v) is 8.66. The number of rotatable bonds is 3. The van der Waals surface area contributed by atoms with Gasteiger partial charge in [0.1, 0.15) is 11.2 Å². The van der Waals surface area contributed by atoms with Crippen molar-refractivity contribution in [3.05, 3.63) is 22.8 Å². The van der Waals surface area contributed by atoms with Crippen LogP contribution in [-0.4, -0.2) is 24.3 Å². The van der Waals surface area contributed by atoms with Crippen molar-refractivity contribution in [2.24, 2.45) is 0 Å². The van der Waals surface area contributed by atoms with Crippen LogP contribution in [0.1, 0.15) is 6.42 Å². The third-order valence-electron chi connectivity index (χ3n) is 1.90. The molecule has 1 aromatic heterocycles. The molecule has 0 amide bonds. The molecule has 0 bridgehead atoms. The Morgan fingerprint density at radius 2 is 2.46 bits per heavy atom. The molecule has 1 saturated heterocycles. The van der Waals surface area contributed by atoms with E-state index in [1.165, 1.54) is 0 Å². The summed E-state index contributed by atoms with van der Waals surface area (Å²) in [7, 11) is 0. The smallest absolute Gasteiger partial charge is 0.214 e. The summed E-state index contributed by atoms with van der Waals surface area (Å²) < 4.78 is 11.4. The van der Waals surface area contributed by atoms with Crippen molar-refractivity contribution in [2.45, 2.75) is 12.5 Å². The van der Waals surface area contributed by atoms with E-state index >= 15 is 0 Å². The second-order valence-electron chi connectivity index (χ2n) is 2.89. The molecular formula is C9H10BrNO2. The zero-order chi connectivity index (χ0) is 9.10. The summed E-state index contributed by atoms with van der Waals surface area (Å²) >= 11 is 3.28. The number of hydrogen-bond donors (Lipinski definition) is 0. The normalized spacial score (nSPS) is 20.8. The molecule has 0 aromatic carbocycles. The summed E-state index contributed by atoms with van der Waals surface area (Å²) in [6.45, 7) is 1.46. The van der Waals surface area contributed by atoms with Crippen LogP contribution in [0.2, 0.25) is 0 Å². The van der Waals surface area contributed by atoms with E-state index < -0.39 is 0 Å². The largest absolute Gasteiger partial charge is 0.475 e. The first kappa shape index (κ1) is 8.97. The molecule has 0 saturated carbocycles. The van der Waals surface area contributed by atoms with Crippen molar-refractivity contribution >= 4 is 15.9 Å². The van der Waals surface area contributed by atoms with Crippen molar-refractivity contribution in [3.8, 4) is 5.88 Å². The lowest BCUT2D eigenvalue weighted by atomic mass is 10.2. The predicted molar refractivity (Wildman–Crippen MR) is 51.8 cm³/mol. The standard InChI is InChI=1S/C9H10BrNO2/c10-8-2-1-3-9(11-8)13-6-7-4-5-12-7/h1-3,7H,4-6H2. The second kappa shape index (κ2) is 4.07. The molecule has 1 aliphatic heterocycles. The van der Waals surface area contributed by atoms with Gasteiger partial charge in [-0.3, -0.25) is 0 Å². The first-order valence-corrected chi connectivity index (χ1v) is 5.01. The molecule has 13 heavy (non-hydrogen) atoms. The number of ether oxygens (including phenoxy) is 2. The molecular weight excluding hydrogens is 234 g/mol. The molecule has 1 atom stereocenters. The van der Waals surface area contributed by atoms with Crippen molar-refractivity contribution < 1.29 is 9.47 Å². The molecule has 1 fully saturated rings. The highest BCUT2D eigenvalue weighted by atomic mass is 79.9. The second-order valence-corrected chi connectivity index (χ2v) is 3.70. The van der Waals surface area contributed by atoms with Gasteiger partial charge in [-0.05, 0) is 22.0 Å². The molecule has 70 valence electrons. The molecule has 0 radical (unpaired) electrons. The maximum absolute atomic E-state index is 5.42. The molecule has 0 spiro atoms. The first-order chi connectivity index (χ1) is 6.34. The van der Waals surface area contributed by atoms with Crippen LogP contribution in [0.3, 0.4) is 0 Å². The summed E-state index contributed by atoms with van der Waals surface area (Å²) in [4.78, 5) is 4.14. The summed E-state index contributed by atoms with van der Waals surface area (Å²) in [5.74, 6) is 0.643. The van der Waals surface area contributed by atoms with E-state index in [-0.39, 0.29) is 6.10 Å². The SMILES string of the molecule is Brc1cccc(OCC2CCO2)n1. The Morgan fingerprint density at radius 1 is 1.62 bits per heavy atom. The van der Waals surface area contributed by atoms with Gasteiger partial charge in [0, 0.05) is 19.1 Å². The van der Waals surface area contributed by atoms with Gasteiger partial charge >= 0.3 is 0 Å². The minimum Gasteiger partial charge on any atom is -0.475 e. The van der Waals surface area contributed by atoms with E-state index in [2.05, 4.69) is 20.9 Å². The molecule has 1 aromatic rings. The van der Waals surface area contributed by atoms with Gasteiger partial charge in [-0.15, -0.1) is 0 Å². The van der Waals surface area contributed by atoms with Gasteiger partial charge in [-0.25, -0.2) is 4.98 Å². The average Bonchev–Trinajstić information content (AvgIpc) is 2.01. The van der Waals surface area contributed by atoms with Gasteiger partial charge in [0.2, 0.25) is 5.88 Å². The molecule has 3 nitrogen and oxygen atoms in total. The number of hydrogen-bond acceptors (Lipinski definition) is 3. The minimum absolute atomic E-state index is 0.265. The average molecular weight is 244 g/mol. The molecule has 0 N–H and O–H groups in total. The van der Waals surface area contributed by atoms with Crippen LogP contribution in [0.5, 0.6) is 5.88 Å². The van der Waals surface area contributed by atoms with Crippen LogP contribution in [0, 0.1) is 0 Å². The van der Waals surface area contributed by atoms with Crippen LogP contribution >= 0.6 is 15.9 Å². The lowest BCUT2D eigenvalue weighted by Crippen LogP contribution is -2.32. The monoisotopic (exact) mass is 243 g/mol. The highest BCUT2D eigenvalue weighted by Crippen LogP contribution is 2.15. The van der Waals surface area contributed by atoms with E-state index in [0.717, 1.165) is 17.6 Å². The fraction of sp³-hybridized carbons (Fsp3) is 0.444. The topological polar surface area (TPSA) is 31.4 Å². The number of aromatic nitrogens is 1. The summed E-state index contributed by atoms with van der Waals surface area (Å²) in [5, 5.41) is 0.